The molecule has 144 valence electrons. The number of carbonyl (C=O) groups is 1. The summed E-state index contributed by atoms with van der Waals surface area (Å²) in [5.74, 6) is 1.13. The molecule has 1 amide bonds. The molecule has 1 aliphatic heterocycles. The average molecular weight is 370 g/mol. The molecule has 1 fully saturated rings. The second kappa shape index (κ2) is 8.66. The topological polar surface area (TPSA) is 92.3 Å². The Morgan fingerprint density at radius 1 is 1.30 bits per heavy atom. The maximum absolute atomic E-state index is 11.8. The van der Waals surface area contributed by atoms with E-state index in [1.165, 1.54) is 5.56 Å². The minimum Gasteiger partial charge on any atom is -0.450 e. The molecule has 2 N–H and O–H groups in total. The highest BCUT2D eigenvalue weighted by molar-refractivity contribution is 5.67. The Morgan fingerprint density at radius 3 is 2.81 bits per heavy atom. The van der Waals surface area contributed by atoms with Gasteiger partial charge in [-0.05, 0) is 50.8 Å². The number of piperidine rings is 1. The van der Waals surface area contributed by atoms with Crippen LogP contribution in [0.2, 0.25) is 0 Å². The maximum Gasteiger partial charge on any atom is 0.409 e. The smallest absolute Gasteiger partial charge is 0.409 e. The predicted octanol–water partition coefficient (Wildman–Crippen LogP) is 3.26. The fourth-order valence-electron chi connectivity index (χ4n) is 3.06. The fraction of sp³-hybridized carbons (Fsp3) is 0.474. The third kappa shape index (κ3) is 4.84. The molecule has 0 bridgehead atoms. The summed E-state index contributed by atoms with van der Waals surface area (Å²) >= 11 is 0. The normalized spacial score (nSPS) is 14.7. The lowest BCUT2D eigenvalue weighted by atomic mass is 10.1. The van der Waals surface area contributed by atoms with Crippen molar-refractivity contribution in [2.24, 2.45) is 0 Å². The van der Waals surface area contributed by atoms with Crippen LogP contribution in [-0.2, 0) is 4.74 Å². The first kappa shape index (κ1) is 18.9. The van der Waals surface area contributed by atoms with Crippen molar-refractivity contribution >= 4 is 23.5 Å². The van der Waals surface area contributed by atoms with E-state index in [0.29, 0.717) is 31.5 Å². The highest BCUT2D eigenvalue weighted by Gasteiger charge is 2.23. The van der Waals surface area contributed by atoms with Gasteiger partial charge in [-0.25, -0.2) is 4.79 Å². The van der Waals surface area contributed by atoms with Crippen molar-refractivity contribution in [3.8, 4) is 0 Å². The molecule has 1 aromatic heterocycles. The summed E-state index contributed by atoms with van der Waals surface area (Å²) in [5, 5.41) is 14.7. The van der Waals surface area contributed by atoms with Crippen molar-refractivity contribution in [3.05, 3.63) is 35.5 Å². The van der Waals surface area contributed by atoms with Gasteiger partial charge in [0.2, 0.25) is 5.95 Å². The fourth-order valence-corrected chi connectivity index (χ4v) is 3.06. The number of anilines is 3. The van der Waals surface area contributed by atoms with E-state index < -0.39 is 0 Å². The molecule has 2 aromatic rings. The lowest BCUT2D eigenvalue weighted by molar-refractivity contribution is 0.0983. The summed E-state index contributed by atoms with van der Waals surface area (Å²) in [7, 11) is 0. The first-order chi connectivity index (χ1) is 13.1. The van der Waals surface area contributed by atoms with Crippen LogP contribution in [0.1, 0.15) is 30.9 Å². The summed E-state index contributed by atoms with van der Waals surface area (Å²) in [5.41, 5.74) is 3.33. The second-order valence-corrected chi connectivity index (χ2v) is 6.64. The van der Waals surface area contributed by atoms with Gasteiger partial charge >= 0.3 is 6.09 Å². The van der Waals surface area contributed by atoms with Crippen LogP contribution >= 0.6 is 0 Å². The number of rotatable bonds is 5. The van der Waals surface area contributed by atoms with Gasteiger partial charge < -0.3 is 20.3 Å². The number of aromatic nitrogens is 3. The van der Waals surface area contributed by atoms with E-state index in [9.17, 15) is 4.79 Å². The van der Waals surface area contributed by atoms with Crippen LogP contribution in [0, 0.1) is 13.8 Å². The zero-order chi connectivity index (χ0) is 19.2. The molecule has 0 radical (unpaired) electrons. The molecule has 8 heteroatoms. The quantitative estimate of drug-likeness (QED) is 0.834. The molecule has 1 aromatic carbocycles. The number of nitrogens with zero attached hydrogens (tertiary/aromatic N) is 4. The number of aryl methyl sites for hydroxylation is 1. The minimum atomic E-state index is -0.236. The monoisotopic (exact) mass is 370 g/mol. The third-order valence-corrected chi connectivity index (χ3v) is 4.78. The first-order valence-electron chi connectivity index (χ1n) is 9.28. The molecular formula is C19H26N6O2. The summed E-state index contributed by atoms with van der Waals surface area (Å²) in [6.45, 7) is 7.69. The zero-order valence-electron chi connectivity index (χ0n) is 16.0. The largest absolute Gasteiger partial charge is 0.450 e. The molecule has 27 heavy (non-hydrogen) atoms. The highest BCUT2D eigenvalue weighted by atomic mass is 16.6. The maximum atomic E-state index is 11.8. The van der Waals surface area contributed by atoms with E-state index in [1.54, 1.807) is 11.1 Å². The molecule has 8 nitrogen and oxygen atoms in total. The van der Waals surface area contributed by atoms with Crippen molar-refractivity contribution in [2.45, 2.75) is 39.7 Å². The lowest BCUT2D eigenvalue weighted by Gasteiger charge is -2.31. The van der Waals surface area contributed by atoms with Gasteiger partial charge in [-0.2, -0.15) is 10.1 Å². The Hall–Kier alpha value is -2.90. The SMILES string of the molecule is CCOC(=O)N1CCC(Nc2cnnc(Nc3cccc(C)c3C)n2)CC1. The summed E-state index contributed by atoms with van der Waals surface area (Å²) in [6.07, 6.45) is 3.05. The number of amides is 1. The van der Waals surface area contributed by atoms with Gasteiger partial charge in [0.15, 0.2) is 5.82 Å². The predicted molar refractivity (Wildman–Crippen MR) is 104 cm³/mol. The van der Waals surface area contributed by atoms with Crippen LogP contribution in [0.25, 0.3) is 0 Å². The van der Waals surface area contributed by atoms with E-state index in [-0.39, 0.29) is 12.1 Å². The zero-order valence-corrected chi connectivity index (χ0v) is 16.0. The van der Waals surface area contributed by atoms with E-state index in [0.717, 1.165) is 24.1 Å². The van der Waals surface area contributed by atoms with E-state index in [4.69, 9.17) is 4.74 Å². The average Bonchev–Trinajstić information content (AvgIpc) is 2.67. The van der Waals surface area contributed by atoms with Gasteiger partial charge in [-0.1, -0.05) is 12.1 Å². The van der Waals surface area contributed by atoms with Gasteiger partial charge in [-0.3, -0.25) is 0 Å². The molecule has 2 heterocycles. The Balaban J connectivity index is 1.58. The van der Waals surface area contributed by atoms with E-state index in [1.807, 2.05) is 19.1 Å². The molecule has 0 unspecified atom stereocenters. The van der Waals surface area contributed by atoms with Crippen LogP contribution in [0.15, 0.2) is 24.4 Å². The number of hydrogen-bond donors (Lipinski definition) is 2. The van der Waals surface area contributed by atoms with Crippen LogP contribution in [0.3, 0.4) is 0 Å². The standard InChI is InChI=1S/C19H26N6O2/c1-4-27-19(26)25-10-8-15(9-11-25)21-17-12-20-24-18(23-17)22-16-7-5-6-13(2)14(16)3/h5-7,12,15H,4,8-11H2,1-3H3,(H2,21,22,23,24). The van der Waals surface area contributed by atoms with Crippen LogP contribution < -0.4 is 10.6 Å². The molecule has 0 atom stereocenters. The highest BCUT2D eigenvalue weighted by Crippen LogP contribution is 2.21. The minimum absolute atomic E-state index is 0.236. The summed E-state index contributed by atoms with van der Waals surface area (Å²) in [6, 6.07) is 6.30. The van der Waals surface area contributed by atoms with Gasteiger partial charge in [0.05, 0.1) is 12.8 Å². The molecule has 0 saturated carbocycles. The van der Waals surface area contributed by atoms with Gasteiger partial charge in [0, 0.05) is 24.8 Å². The number of carbonyl (C=O) groups excluding carboxylic acids is 1. The molecular weight excluding hydrogens is 344 g/mol. The summed E-state index contributed by atoms with van der Waals surface area (Å²) < 4.78 is 5.05. The Kier molecular flexibility index (Phi) is 6.05. The number of benzene rings is 1. The van der Waals surface area contributed by atoms with E-state index >= 15 is 0 Å². The molecule has 0 aliphatic carbocycles. The Morgan fingerprint density at radius 2 is 2.07 bits per heavy atom. The number of nitrogens with one attached hydrogen (secondary N) is 2. The first-order valence-corrected chi connectivity index (χ1v) is 9.28. The van der Waals surface area contributed by atoms with Crippen LogP contribution in [0.5, 0.6) is 0 Å². The lowest BCUT2D eigenvalue weighted by Crippen LogP contribution is -2.42. The number of ether oxygens (including phenoxy) is 1. The van der Waals surface area contributed by atoms with Gasteiger partial charge in [-0.15, -0.1) is 5.10 Å². The molecule has 1 aliphatic rings. The van der Waals surface area contributed by atoms with Crippen molar-refractivity contribution in [2.75, 3.05) is 30.3 Å². The molecule has 3 rings (SSSR count). The van der Waals surface area contributed by atoms with E-state index in [2.05, 4.69) is 45.7 Å². The van der Waals surface area contributed by atoms with Gasteiger partial charge in [0.1, 0.15) is 0 Å². The Bertz CT molecular complexity index is 790. The van der Waals surface area contributed by atoms with Crippen molar-refractivity contribution < 1.29 is 9.53 Å². The van der Waals surface area contributed by atoms with Crippen LogP contribution in [-0.4, -0.2) is 51.9 Å². The van der Waals surface area contributed by atoms with Crippen LogP contribution in [0.4, 0.5) is 22.2 Å². The van der Waals surface area contributed by atoms with Crippen molar-refractivity contribution in [3.63, 3.8) is 0 Å². The summed E-state index contributed by atoms with van der Waals surface area (Å²) in [4.78, 5) is 18.0. The number of hydrogen-bond acceptors (Lipinski definition) is 7. The number of likely N-dealkylation sites (tertiary alicyclic amines) is 1. The Labute approximate surface area is 159 Å². The molecule has 0 spiro atoms. The van der Waals surface area contributed by atoms with Crippen molar-refractivity contribution in [1.29, 1.82) is 0 Å². The van der Waals surface area contributed by atoms with Gasteiger partial charge in [0.25, 0.3) is 0 Å². The van der Waals surface area contributed by atoms with Crippen molar-refractivity contribution in [1.82, 2.24) is 20.1 Å². The third-order valence-electron chi connectivity index (χ3n) is 4.78. The second-order valence-electron chi connectivity index (χ2n) is 6.64. The molecule has 1 saturated heterocycles.